The number of nitro groups is 1. The zero-order valence-corrected chi connectivity index (χ0v) is 10.1. The fourth-order valence-electron chi connectivity index (χ4n) is 1.61. The Kier molecular flexibility index (Phi) is 3.69. The molecule has 2 amide bonds. The number of hydrazone groups is 1. The molecule has 1 aliphatic rings. The minimum absolute atomic E-state index is 0.0258. The first-order chi connectivity index (χ1) is 9.49. The summed E-state index contributed by atoms with van der Waals surface area (Å²) in [7, 11) is 0. The van der Waals surface area contributed by atoms with Gasteiger partial charge in [0.25, 0.3) is 11.6 Å². The van der Waals surface area contributed by atoms with Crippen molar-refractivity contribution in [3.63, 3.8) is 0 Å². The molecule has 8 nitrogen and oxygen atoms in total. The molecule has 0 atom stereocenters. The number of carbonyl (C=O) groups excluding carboxylic acids is 2. The number of para-hydroxylation sites is 1. The molecular weight excluding hydrogens is 271 g/mol. The number of nitro benzene ring substituents is 1. The molecule has 1 aromatic carbocycles. The van der Waals surface area contributed by atoms with E-state index in [0.29, 0.717) is 0 Å². The number of nitrogens with one attached hydrogen (secondary N) is 2. The monoisotopic (exact) mass is 280 g/mol. The van der Waals surface area contributed by atoms with Gasteiger partial charge in [-0.15, -0.1) is 0 Å². The molecule has 1 aromatic rings. The molecule has 2 rings (SSSR count). The second kappa shape index (κ2) is 5.43. The minimum atomic E-state index is -0.923. The summed E-state index contributed by atoms with van der Waals surface area (Å²) in [6, 6.07) is 3.23. The predicted octanol–water partition coefficient (Wildman–Crippen LogP) is 0.938. The summed E-state index contributed by atoms with van der Waals surface area (Å²) in [5.74, 6) is -2.05. The molecule has 0 bridgehead atoms. The van der Waals surface area contributed by atoms with Crippen LogP contribution in [-0.4, -0.2) is 22.4 Å². The standard InChI is InChI=1S/C11H9FN4O4/c12-6-2-1-3-8(16(19)20)10(6)13-11(18)7-4-5-9(17)15-14-7/h1-3H,4-5H2,(H,13,18)(H,15,17). The van der Waals surface area contributed by atoms with E-state index in [2.05, 4.69) is 15.8 Å². The number of anilines is 1. The van der Waals surface area contributed by atoms with Crippen LogP contribution in [0.2, 0.25) is 0 Å². The highest BCUT2D eigenvalue weighted by Gasteiger charge is 2.24. The molecular formula is C11H9FN4O4. The summed E-state index contributed by atoms with van der Waals surface area (Å²) in [5, 5.41) is 16.4. The highest BCUT2D eigenvalue weighted by Crippen LogP contribution is 2.27. The molecule has 0 aromatic heterocycles. The number of carbonyl (C=O) groups is 2. The van der Waals surface area contributed by atoms with Crippen molar-refractivity contribution in [2.45, 2.75) is 12.8 Å². The Bertz CT molecular complexity index is 629. The summed E-state index contributed by atoms with van der Waals surface area (Å²) in [4.78, 5) is 32.7. The summed E-state index contributed by atoms with van der Waals surface area (Å²) < 4.78 is 13.6. The minimum Gasteiger partial charge on any atom is -0.313 e. The first-order valence-electron chi connectivity index (χ1n) is 5.58. The average molecular weight is 280 g/mol. The highest BCUT2D eigenvalue weighted by atomic mass is 19.1. The molecule has 0 fully saturated rings. The Morgan fingerprint density at radius 1 is 1.45 bits per heavy atom. The van der Waals surface area contributed by atoms with E-state index in [1.54, 1.807) is 0 Å². The van der Waals surface area contributed by atoms with Crippen LogP contribution in [0, 0.1) is 15.9 Å². The highest BCUT2D eigenvalue weighted by molar-refractivity contribution is 6.43. The predicted molar refractivity (Wildman–Crippen MR) is 66.5 cm³/mol. The molecule has 0 saturated carbocycles. The van der Waals surface area contributed by atoms with Gasteiger partial charge >= 0.3 is 0 Å². The molecule has 0 aliphatic carbocycles. The number of benzene rings is 1. The van der Waals surface area contributed by atoms with E-state index in [1.165, 1.54) is 6.07 Å². The zero-order valence-electron chi connectivity index (χ0n) is 10.1. The van der Waals surface area contributed by atoms with Crippen molar-refractivity contribution in [2.24, 2.45) is 5.10 Å². The number of halogens is 1. The summed E-state index contributed by atoms with van der Waals surface area (Å²) >= 11 is 0. The number of hydrogen-bond acceptors (Lipinski definition) is 5. The van der Waals surface area contributed by atoms with E-state index >= 15 is 0 Å². The molecule has 0 saturated heterocycles. The Morgan fingerprint density at radius 3 is 2.80 bits per heavy atom. The van der Waals surface area contributed by atoms with Gasteiger partial charge in [0.1, 0.15) is 5.71 Å². The third-order valence-corrected chi connectivity index (χ3v) is 2.59. The van der Waals surface area contributed by atoms with Crippen molar-refractivity contribution in [2.75, 3.05) is 5.32 Å². The third kappa shape index (κ3) is 2.76. The first kappa shape index (κ1) is 13.6. The Hall–Kier alpha value is -2.84. The van der Waals surface area contributed by atoms with Crippen LogP contribution in [0.3, 0.4) is 0 Å². The number of amides is 2. The van der Waals surface area contributed by atoms with Gasteiger partial charge in [0.05, 0.1) is 4.92 Å². The number of hydrogen-bond donors (Lipinski definition) is 2. The van der Waals surface area contributed by atoms with Crippen LogP contribution in [0.1, 0.15) is 12.8 Å². The Morgan fingerprint density at radius 2 is 2.20 bits per heavy atom. The van der Waals surface area contributed by atoms with E-state index in [4.69, 9.17) is 0 Å². The van der Waals surface area contributed by atoms with Gasteiger partial charge < -0.3 is 5.32 Å². The maximum absolute atomic E-state index is 13.6. The van der Waals surface area contributed by atoms with Crippen LogP contribution >= 0.6 is 0 Å². The maximum Gasteiger partial charge on any atom is 0.295 e. The fourth-order valence-corrected chi connectivity index (χ4v) is 1.61. The van der Waals surface area contributed by atoms with Gasteiger partial charge in [-0.25, -0.2) is 9.82 Å². The second-order valence-electron chi connectivity index (χ2n) is 3.94. The molecule has 9 heteroatoms. The molecule has 0 radical (unpaired) electrons. The van der Waals surface area contributed by atoms with E-state index in [1.807, 2.05) is 0 Å². The van der Waals surface area contributed by atoms with E-state index < -0.39 is 28.0 Å². The van der Waals surface area contributed by atoms with Gasteiger partial charge in [-0.05, 0) is 6.07 Å². The van der Waals surface area contributed by atoms with Crippen LogP contribution in [0.15, 0.2) is 23.3 Å². The van der Waals surface area contributed by atoms with Crippen molar-refractivity contribution >= 4 is 28.9 Å². The lowest BCUT2D eigenvalue weighted by Crippen LogP contribution is -2.33. The van der Waals surface area contributed by atoms with E-state index in [9.17, 15) is 24.1 Å². The summed E-state index contributed by atoms with van der Waals surface area (Å²) in [6.07, 6.45) is 0.158. The molecule has 2 N–H and O–H groups in total. The quantitative estimate of drug-likeness (QED) is 0.633. The first-order valence-corrected chi connectivity index (χ1v) is 5.58. The van der Waals surface area contributed by atoms with Crippen molar-refractivity contribution in [1.82, 2.24) is 5.43 Å². The normalized spacial score (nSPS) is 14.2. The molecule has 20 heavy (non-hydrogen) atoms. The molecule has 0 unspecified atom stereocenters. The van der Waals surface area contributed by atoms with Crippen LogP contribution in [0.5, 0.6) is 0 Å². The van der Waals surface area contributed by atoms with Crippen molar-refractivity contribution in [1.29, 1.82) is 0 Å². The van der Waals surface area contributed by atoms with Crippen molar-refractivity contribution in [3.05, 3.63) is 34.1 Å². The third-order valence-electron chi connectivity index (χ3n) is 2.59. The molecule has 0 spiro atoms. The largest absolute Gasteiger partial charge is 0.313 e. The van der Waals surface area contributed by atoms with Crippen molar-refractivity contribution in [3.8, 4) is 0 Å². The Labute approximate surface area is 111 Å². The van der Waals surface area contributed by atoms with Gasteiger partial charge in [0, 0.05) is 18.9 Å². The van der Waals surface area contributed by atoms with Gasteiger partial charge in [0.15, 0.2) is 11.5 Å². The van der Waals surface area contributed by atoms with Gasteiger partial charge in [-0.2, -0.15) is 5.10 Å². The van der Waals surface area contributed by atoms with Gasteiger partial charge in [-0.3, -0.25) is 19.7 Å². The van der Waals surface area contributed by atoms with Crippen LogP contribution in [0.25, 0.3) is 0 Å². The van der Waals surface area contributed by atoms with Crippen LogP contribution in [0.4, 0.5) is 15.8 Å². The Balaban J connectivity index is 2.24. The zero-order chi connectivity index (χ0) is 14.7. The molecule has 1 aliphatic heterocycles. The lowest BCUT2D eigenvalue weighted by atomic mass is 10.1. The number of rotatable bonds is 3. The molecule has 104 valence electrons. The topological polar surface area (TPSA) is 114 Å². The SMILES string of the molecule is O=C1CCC(C(=O)Nc2c(F)cccc2[N+](=O)[O-])=NN1. The van der Waals surface area contributed by atoms with Crippen LogP contribution in [-0.2, 0) is 9.59 Å². The lowest BCUT2D eigenvalue weighted by Gasteiger charge is -2.12. The van der Waals surface area contributed by atoms with Gasteiger partial charge in [-0.1, -0.05) is 6.07 Å². The van der Waals surface area contributed by atoms with E-state index in [0.717, 1.165) is 12.1 Å². The second-order valence-corrected chi connectivity index (χ2v) is 3.94. The number of nitrogens with zero attached hydrogens (tertiary/aromatic N) is 2. The van der Waals surface area contributed by atoms with E-state index in [-0.39, 0.29) is 24.5 Å². The average Bonchev–Trinajstić information content (AvgIpc) is 2.41. The maximum atomic E-state index is 13.6. The van der Waals surface area contributed by atoms with Crippen LogP contribution < -0.4 is 10.7 Å². The summed E-state index contributed by atoms with van der Waals surface area (Å²) in [6.45, 7) is 0. The summed E-state index contributed by atoms with van der Waals surface area (Å²) in [5.41, 5.74) is 1.00. The fraction of sp³-hybridized carbons (Fsp3) is 0.182. The smallest absolute Gasteiger partial charge is 0.295 e. The van der Waals surface area contributed by atoms with Gasteiger partial charge in [0.2, 0.25) is 5.91 Å². The van der Waals surface area contributed by atoms with Crippen molar-refractivity contribution < 1.29 is 18.9 Å². The molecule has 1 heterocycles. The lowest BCUT2D eigenvalue weighted by molar-refractivity contribution is -0.384.